The van der Waals surface area contributed by atoms with E-state index in [1.807, 2.05) is 18.2 Å². The Morgan fingerprint density at radius 2 is 2.04 bits per heavy atom. The molecule has 0 saturated carbocycles. The summed E-state index contributed by atoms with van der Waals surface area (Å²) in [5, 5.41) is 0.554. The number of oxazole rings is 1. The van der Waals surface area contributed by atoms with Gasteiger partial charge in [-0.3, -0.25) is 4.90 Å². The van der Waals surface area contributed by atoms with Crippen molar-refractivity contribution in [2.45, 2.75) is 32.2 Å². The third-order valence-corrected chi connectivity index (χ3v) is 4.66. The van der Waals surface area contributed by atoms with Crippen molar-refractivity contribution in [3.8, 4) is 17.2 Å². The van der Waals surface area contributed by atoms with Gasteiger partial charge in [-0.1, -0.05) is 18.0 Å². The number of nitrogens with zero attached hydrogens (tertiary/aromatic N) is 2. The van der Waals surface area contributed by atoms with Crippen molar-refractivity contribution in [1.82, 2.24) is 9.88 Å². The van der Waals surface area contributed by atoms with Crippen LogP contribution in [0.15, 0.2) is 28.9 Å². The predicted octanol–water partition coefficient (Wildman–Crippen LogP) is 4.99. The topological polar surface area (TPSA) is 38.5 Å². The first-order valence-corrected chi connectivity index (χ1v) is 9.33. The van der Waals surface area contributed by atoms with Crippen LogP contribution in [0, 0.1) is 0 Å². The zero-order valence-electron chi connectivity index (χ0n) is 13.6. The molecule has 0 N–H and O–H groups in total. The van der Waals surface area contributed by atoms with E-state index in [2.05, 4.69) is 9.88 Å². The lowest BCUT2D eigenvalue weighted by molar-refractivity contribution is 0.218. The smallest absolute Gasteiger partial charge is 0.226 e. The third-order valence-electron chi connectivity index (χ3n) is 4.10. The Labute approximate surface area is 152 Å². The fourth-order valence-electron chi connectivity index (χ4n) is 2.85. The Kier molecular flexibility index (Phi) is 6.41. The molecule has 0 spiro atoms. The molecule has 0 atom stereocenters. The van der Waals surface area contributed by atoms with Gasteiger partial charge in [-0.25, -0.2) is 4.98 Å². The minimum atomic E-state index is 0.554. The molecule has 0 aliphatic carbocycles. The van der Waals surface area contributed by atoms with Gasteiger partial charge in [0.1, 0.15) is 12.0 Å². The molecule has 1 aliphatic heterocycles. The number of alkyl halides is 1. The highest BCUT2D eigenvalue weighted by Gasteiger charge is 2.14. The number of ether oxygens (including phenoxy) is 1. The Morgan fingerprint density at radius 1 is 1.21 bits per heavy atom. The van der Waals surface area contributed by atoms with Gasteiger partial charge in [0, 0.05) is 18.0 Å². The summed E-state index contributed by atoms with van der Waals surface area (Å²) in [6, 6.07) is 5.59. The number of halogens is 2. The van der Waals surface area contributed by atoms with E-state index >= 15 is 0 Å². The number of piperidine rings is 1. The minimum absolute atomic E-state index is 0.554. The zero-order valence-corrected chi connectivity index (χ0v) is 15.2. The van der Waals surface area contributed by atoms with Crippen molar-refractivity contribution in [1.29, 1.82) is 0 Å². The average Bonchev–Trinajstić information content (AvgIpc) is 3.06. The van der Waals surface area contributed by atoms with E-state index in [9.17, 15) is 0 Å². The van der Waals surface area contributed by atoms with Crippen molar-refractivity contribution >= 4 is 23.2 Å². The molecule has 1 aliphatic rings. The fourth-order valence-corrected chi connectivity index (χ4v) is 3.19. The van der Waals surface area contributed by atoms with E-state index in [4.69, 9.17) is 32.4 Å². The first-order chi connectivity index (χ1) is 11.8. The summed E-state index contributed by atoms with van der Waals surface area (Å²) < 4.78 is 11.2. The molecular weight excluding hydrogens is 347 g/mol. The number of rotatable bonds is 7. The number of hydrogen-bond donors (Lipinski definition) is 0. The SMILES string of the molecule is ClCCCOc1ccc(-c2nc(CN3CCCCC3)co2)cc1Cl. The molecule has 0 bridgehead atoms. The number of aromatic nitrogens is 1. The molecule has 2 aromatic rings. The summed E-state index contributed by atoms with van der Waals surface area (Å²) in [5.41, 5.74) is 1.82. The van der Waals surface area contributed by atoms with Crippen LogP contribution >= 0.6 is 23.2 Å². The van der Waals surface area contributed by atoms with Gasteiger partial charge in [-0.2, -0.15) is 0 Å². The van der Waals surface area contributed by atoms with Crippen LogP contribution in [-0.2, 0) is 6.54 Å². The third kappa shape index (κ3) is 4.65. The van der Waals surface area contributed by atoms with Gasteiger partial charge in [0.2, 0.25) is 5.89 Å². The Balaban J connectivity index is 1.64. The molecule has 0 amide bonds. The molecular formula is C18H22Cl2N2O2. The minimum Gasteiger partial charge on any atom is -0.492 e. The maximum atomic E-state index is 6.28. The zero-order chi connectivity index (χ0) is 16.8. The van der Waals surface area contributed by atoms with Crippen molar-refractivity contribution in [2.24, 2.45) is 0 Å². The maximum Gasteiger partial charge on any atom is 0.226 e. The Hall–Kier alpha value is -1.23. The monoisotopic (exact) mass is 368 g/mol. The summed E-state index contributed by atoms with van der Waals surface area (Å²) >= 11 is 11.9. The van der Waals surface area contributed by atoms with Crippen LogP contribution in [0.1, 0.15) is 31.4 Å². The molecule has 0 radical (unpaired) electrons. The van der Waals surface area contributed by atoms with Crippen LogP contribution in [0.5, 0.6) is 5.75 Å². The highest BCUT2D eigenvalue weighted by molar-refractivity contribution is 6.32. The van der Waals surface area contributed by atoms with Gasteiger partial charge in [-0.15, -0.1) is 11.6 Å². The standard InChI is InChI=1S/C18H22Cl2N2O2/c19-7-4-10-23-17-6-5-14(11-16(17)20)18-21-15(13-24-18)12-22-8-2-1-3-9-22/h5-6,11,13H,1-4,7-10,12H2. The lowest BCUT2D eigenvalue weighted by atomic mass is 10.1. The second-order valence-corrected chi connectivity index (χ2v) is 6.80. The molecule has 1 saturated heterocycles. The second kappa shape index (κ2) is 8.75. The van der Waals surface area contributed by atoms with Gasteiger partial charge in [-0.05, 0) is 50.6 Å². The molecule has 6 heteroatoms. The predicted molar refractivity (Wildman–Crippen MR) is 96.9 cm³/mol. The van der Waals surface area contributed by atoms with E-state index in [1.54, 1.807) is 6.26 Å². The summed E-state index contributed by atoms with van der Waals surface area (Å²) in [6.45, 7) is 3.68. The molecule has 2 heterocycles. The molecule has 4 nitrogen and oxygen atoms in total. The quantitative estimate of drug-likeness (QED) is 0.509. The summed E-state index contributed by atoms with van der Waals surface area (Å²) in [7, 11) is 0. The molecule has 130 valence electrons. The molecule has 1 fully saturated rings. The van der Waals surface area contributed by atoms with E-state index in [0.29, 0.717) is 29.1 Å². The van der Waals surface area contributed by atoms with Crippen molar-refractivity contribution < 1.29 is 9.15 Å². The summed E-state index contributed by atoms with van der Waals surface area (Å²) in [4.78, 5) is 7.02. The van der Waals surface area contributed by atoms with Crippen molar-refractivity contribution in [3.05, 3.63) is 35.2 Å². The van der Waals surface area contributed by atoms with Crippen LogP contribution in [0.25, 0.3) is 11.5 Å². The van der Waals surface area contributed by atoms with Crippen LogP contribution < -0.4 is 4.74 Å². The maximum absolute atomic E-state index is 6.28. The van der Waals surface area contributed by atoms with Gasteiger partial charge in [0.05, 0.1) is 17.3 Å². The first-order valence-electron chi connectivity index (χ1n) is 8.42. The van der Waals surface area contributed by atoms with Crippen molar-refractivity contribution in [2.75, 3.05) is 25.6 Å². The summed E-state index contributed by atoms with van der Waals surface area (Å²) in [5.74, 6) is 1.83. The Morgan fingerprint density at radius 3 is 2.79 bits per heavy atom. The summed E-state index contributed by atoms with van der Waals surface area (Å²) in [6.07, 6.45) is 6.40. The van der Waals surface area contributed by atoms with Crippen LogP contribution in [0.3, 0.4) is 0 Å². The fraction of sp³-hybridized carbons (Fsp3) is 0.500. The highest BCUT2D eigenvalue weighted by atomic mass is 35.5. The number of hydrogen-bond acceptors (Lipinski definition) is 4. The molecule has 1 aromatic heterocycles. The van der Waals surface area contributed by atoms with E-state index in [0.717, 1.165) is 37.3 Å². The van der Waals surface area contributed by atoms with Crippen LogP contribution in [0.2, 0.25) is 5.02 Å². The van der Waals surface area contributed by atoms with Crippen LogP contribution in [0.4, 0.5) is 0 Å². The molecule has 0 unspecified atom stereocenters. The largest absolute Gasteiger partial charge is 0.492 e. The molecule has 24 heavy (non-hydrogen) atoms. The van der Waals surface area contributed by atoms with Gasteiger partial charge in [0.25, 0.3) is 0 Å². The van der Waals surface area contributed by atoms with E-state index in [-0.39, 0.29) is 0 Å². The normalized spacial score (nSPS) is 15.6. The Bertz CT molecular complexity index is 654. The van der Waals surface area contributed by atoms with Gasteiger partial charge < -0.3 is 9.15 Å². The van der Waals surface area contributed by atoms with Gasteiger partial charge in [0.15, 0.2) is 0 Å². The van der Waals surface area contributed by atoms with E-state index < -0.39 is 0 Å². The molecule has 1 aromatic carbocycles. The van der Waals surface area contributed by atoms with Gasteiger partial charge >= 0.3 is 0 Å². The lowest BCUT2D eigenvalue weighted by Crippen LogP contribution is -2.29. The highest BCUT2D eigenvalue weighted by Crippen LogP contribution is 2.30. The molecule has 3 rings (SSSR count). The van der Waals surface area contributed by atoms with E-state index in [1.165, 1.54) is 19.3 Å². The lowest BCUT2D eigenvalue weighted by Gasteiger charge is -2.25. The average molecular weight is 369 g/mol. The van der Waals surface area contributed by atoms with Crippen LogP contribution in [-0.4, -0.2) is 35.5 Å². The second-order valence-electron chi connectivity index (χ2n) is 6.02. The number of benzene rings is 1. The number of likely N-dealkylation sites (tertiary alicyclic amines) is 1. The van der Waals surface area contributed by atoms with Crippen molar-refractivity contribution in [3.63, 3.8) is 0 Å². The first kappa shape index (κ1) is 17.6.